The maximum Gasteiger partial charge on any atom is 0.176 e. The first kappa shape index (κ1) is 10.4. The number of likely N-dealkylation sites (tertiary alicyclic amines) is 1. The molecule has 1 aliphatic heterocycles. The van der Waals surface area contributed by atoms with E-state index in [0.717, 1.165) is 25.1 Å². The van der Waals surface area contributed by atoms with Crippen LogP contribution in [0.3, 0.4) is 0 Å². The van der Waals surface area contributed by atoms with Gasteiger partial charge in [0.2, 0.25) is 0 Å². The molecule has 1 saturated heterocycles. The highest BCUT2D eigenvalue weighted by atomic mass is 16.1. The van der Waals surface area contributed by atoms with Crippen molar-refractivity contribution in [3.63, 3.8) is 0 Å². The van der Waals surface area contributed by atoms with Crippen molar-refractivity contribution in [1.82, 2.24) is 4.90 Å². The molecule has 1 heterocycles. The van der Waals surface area contributed by atoms with Crippen molar-refractivity contribution >= 4 is 5.78 Å². The Kier molecular flexibility index (Phi) is 3.17. The van der Waals surface area contributed by atoms with Gasteiger partial charge in [0.1, 0.15) is 0 Å². The Labute approximate surface area is 90.9 Å². The van der Waals surface area contributed by atoms with E-state index in [9.17, 15) is 4.79 Å². The smallest absolute Gasteiger partial charge is 0.176 e. The van der Waals surface area contributed by atoms with Crippen LogP contribution in [0.15, 0.2) is 24.3 Å². The molecule has 1 aromatic rings. The second-order valence-corrected chi connectivity index (χ2v) is 4.10. The number of rotatable bonds is 3. The largest absolute Gasteiger partial charge is 0.296 e. The maximum atomic E-state index is 11.9. The van der Waals surface area contributed by atoms with Crippen LogP contribution in [0, 0.1) is 13.3 Å². The highest BCUT2D eigenvalue weighted by molar-refractivity contribution is 5.97. The van der Waals surface area contributed by atoms with Crippen LogP contribution in [0.1, 0.15) is 22.3 Å². The van der Waals surface area contributed by atoms with Crippen LogP contribution in [0.5, 0.6) is 0 Å². The van der Waals surface area contributed by atoms with E-state index in [1.807, 2.05) is 31.2 Å². The summed E-state index contributed by atoms with van der Waals surface area (Å²) in [6, 6.07) is 7.81. The van der Waals surface area contributed by atoms with Crippen LogP contribution in [-0.2, 0) is 0 Å². The normalized spacial score (nSPS) is 16.9. The van der Waals surface area contributed by atoms with Gasteiger partial charge in [0.25, 0.3) is 0 Å². The second-order valence-electron chi connectivity index (χ2n) is 4.10. The Morgan fingerprint density at radius 1 is 1.33 bits per heavy atom. The zero-order chi connectivity index (χ0) is 10.7. The van der Waals surface area contributed by atoms with Crippen molar-refractivity contribution in [2.75, 3.05) is 19.6 Å². The van der Waals surface area contributed by atoms with Crippen LogP contribution < -0.4 is 0 Å². The Hall–Kier alpha value is -1.15. The molecule has 0 bridgehead atoms. The topological polar surface area (TPSA) is 20.3 Å². The number of hydrogen-bond acceptors (Lipinski definition) is 2. The molecule has 2 heteroatoms. The minimum atomic E-state index is 0.227. The van der Waals surface area contributed by atoms with E-state index in [1.165, 1.54) is 5.56 Å². The molecule has 1 fully saturated rings. The molecule has 0 amide bonds. The third-order valence-corrected chi connectivity index (χ3v) is 2.78. The van der Waals surface area contributed by atoms with Gasteiger partial charge in [0.05, 0.1) is 6.54 Å². The number of nitrogens with zero attached hydrogens (tertiary/aromatic N) is 1. The lowest BCUT2D eigenvalue weighted by Gasteiger charge is -2.13. The van der Waals surface area contributed by atoms with Crippen molar-refractivity contribution in [2.24, 2.45) is 0 Å². The van der Waals surface area contributed by atoms with Crippen molar-refractivity contribution in [2.45, 2.75) is 13.3 Å². The average Bonchev–Trinajstić information content (AvgIpc) is 2.71. The minimum absolute atomic E-state index is 0.227. The molecule has 0 atom stereocenters. The highest BCUT2D eigenvalue weighted by Crippen LogP contribution is 2.09. The molecule has 79 valence electrons. The third-order valence-electron chi connectivity index (χ3n) is 2.78. The van der Waals surface area contributed by atoms with E-state index in [2.05, 4.69) is 11.3 Å². The molecule has 2 nitrogen and oxygen atoms in total. The van der Waals surface area contributed by atoms with Gasteiger partial charge in [0.15, 0.2) is 5.78 Å². The summed E-state index contributed by atoms with van der Waals surface area (Å²) in [7, 11) is 0. The summed E-state index contributed by atoms with van der Waals surface area (Å²) < 4.78 is 0. The summed E-state index contributed by atoms with van der Waals surface area (Å²) in [4.78, 5) is 14.0. The number of carbonyl (C=O) groups excluding carboxylic acids is 1. The predicted molar refractivity (Wildman–Crippen MR) is 60.9 cm³/mol. The Morgan fingerprint density at radius 2 is 2.07 bits per heavy atom. The number of aryl methyl sites for hydroxylation is 1. The fraction of sp³-hybridized carbons (Fsp3) is 0.385. The molecule has 2 rings (SSSR count). The molecule has 0 spiro atoms. The lowest BCUT2D eigenvalue weighted by atomic mass is 10.1. The fourth-order valence-corrected chi connectivity index (χ4v) is 1.82. The van der Waals surface area contributed by atoms with Crippen LogP contribution in [0.2, 0.25) is 0 Å². The first-order valence-corrected chi connectivity index (χ1v) is 5.39. The van der Waals surface area contributed by atoms with Gasteiger partial charge in [-0.3, -0.25) is 9.69 Å². The van der Waals surface area contributed by atoms with Crippen LogP contribution in [0.4, 0.5) is 0 Å². The zero-order valence-electron chi connectivity index (χ0n) is 9.07. The van der Waals surface area contributed by atoms with Crippen molar-refractivity contribution in [3.8, 4) is 0 Å². The van der Waals surface area contributed by atoms with Crippen LogP contribution >= 0.6 is 0 Å². The van der Waals surface area contributed by atoms with Gasteiger partial charge < -0.3 is 0 Å². The van der Waals surface area contributed by atoms with Crippen molar-refractivity contribution in [3.05, 3.63) is 41.8 Å². The molecular formula is C13H16NO. The third kappa shape index (κ3) is 2.66. The quantitative estimate of drug-likeness (QED) is 0.699. The second kappa shape index (κ2) is 4.58. The van der Waals surface area contributed by atoms with E-state index >= 15 is 0 Å². The van der Waals surface area contributed by atoms with Gasteiger partial charge in [-0.2, -0.15) is 0 Å². The lowest BCUT2D eigenvalue weighted by molar-refractivity contribution is 0.0946. The molecular weight excluding hydrogens is 186 g/mol. The van der Waals surface area contributed by atoms with Gasteiger partial charge in [0, 0.05) is 12.1 Å². The van der Waals surface area contributed by atoms with E-state index < -0.39 is 0 Å². The summed E-state index contributed by atoms with van der Waals surface area (Å²) in [5, 5.41) is 0. The summed E-state index contributed by atoms with van der Waals surface area (Å²) in [6.45, 7) is 4.57. The number of ketones is 1. The van der Waals surface area contributed by atoms with Crippen molar-refractivity contribution in [1.29, 1.82) is 0 Å². The lowest BCUT2D eigenvalue weighted by Crippen LogP contribution is -2.26. The minimum Gasteiger partial charge on any atom is -0.296 e. The number of Topliss-reactive ketones (excluding diaryl/α,β-unsaturated/α-hetero) is 1. The van der Waals surface area contributed by atoms with E-state index in [0.29, 0.717) is 6.54 Å². The van der Waals surface area contributed by atoms with Crippen LogP contribution in [0.25, 0.3) is 0 Å². The summed E-state index contributed by atoms with van der Waals surface area (Å²) in [5.41, 5.74) is 2.02. The van der Waals surface area contributed by atoms with E-state index in [-0.39, 0.29) is 5.78 Å². The van der Waals surface area contributed by atoms with Crippen LogP contribution in [-0.4, -0.2) is 30.3 Å². The van der Waals surface area contributed by atoms with Gasteiger partial charge in [-0.05, 0) is 26.3 Å². The summed E-state index contributed by atoms with van der Waals surface area (Å²) >= 11 is 0. The molecule has 1 radical (unpaired) electrons. The fourth-order valence-electron chi connectivity index (χ4n) is 1.82. The molecule has 0 aliphatic carbocycles. The van der Waals surface area contributed by atoms with E-state index in [4.69, 9.17) is 0 Å². The number of hydrogen-bond donors (Lipinski definition) is 0. The highest BCUT2D eigenvalue weighted by Gasteiger charge is 2.15. The molecule has 15 heavy (non-hydrogen) atoms. The van der Waals surface area contributed by atoms with Gasteiger partial charge in [-0.25, -0.2) is 0 Å². The molecule has 0 aromatic heterocycles. The zero-order valence-corrected chi connectivity index (χ0v) is 9.07. The molecule has 1 aliphatic rings. The maximum absolute atomic E-state index is 11.9. The Bertz CT molecular complexity index is 336. The Morgan fingerprint density at radius 3 is 2.67 bits per heavy atom. The molecule has 0 saturated carbocycles. The van der Waals surface area contributed by atoms with Gasteiger partial charge >= 0.3 is 0 Å². The summed E-state index contributed by atoms with van der Waals surface area (Å²) in [5.74, 6) is 0.227. The number of carbonyl (C=O) groups is 1. The molecule has 0 unspecified atom stereocenters. The Balaban J connectivity index is 1.98. The SMILES string of the molecule is Cc1ccc(C(=O)CN2C[CH]CC2)cc1. The monoisotopic (exact) mass is 202 g/mol. The standard InChI is InChI=1S/C13H16NO/c1-11-4-6-12(7-5-11)13(15)10-14-8-2-3-9-14/h2,4-7H,3,8-10H2,1H3. The molecule has 1 aromatic carbocycles. The first-order chi connectivity index (χ1) is 7.25. The molecule has 0 N–H and O–H groups in total. The summed E-state index contributed by atoms with van der Waals surface area (Å²) in [6.07, 6.45) is 3.34. The first-order valence-electron chi connectivity index (χ1n) is 5.39. The van der Waals surface area contributed by atoms with Gasteiger partial charge in [-0.1, -0.05) is 29.8 Å². The van der Waals surface area contributed by atoms with Crippen molar-refractivity contribution < 1.29 is 4.79 Å². The average molecular weight is 202 g/mol. The number of benzene rings is 1. The van der Waals surface area contributed by atoms with E-state index in [1.54, 1.807) is 0 Å². The van der Waals surface area contributed by atoms with Gasteiger partial charge in [-0.15, -0.1) is 0 Å². The predicted octanol–water partition coefficient (Wildman–Crippen LogP) is 2.09.